The molecule has 0 atom stereocenters. The van der Waals surface area contributed by atoms with Crippen molar-refractivity contribution in [3.8, 4) is 10.8 Å². The number of rotatable bonds is 4. The highest BCUT2D eigenvalue weighted by atomic mass is 32.2. The smallest absolute Gasteiger partial charge is 0.301 e. The largest absolute Gasteiger partial charge is 0.496 e. The fourth-order valence-electron chi connectivity index (χ4n) is 0.140. The summed E-state index contributed by atoms with van der Waals surface area (Å²) in [6.45, 7) is 0. The summed E-state index contributed by atoms with van der Waals surface area (Å²) in [6, 6.07) is 0. The van der Waals surface area contributed by atoms with Crippen LogP contribution >= 0.6 is 31.9 Å². The molecule has 9 heteroatoms. The quantitative estimate of drug-likeness (QED) is 0.423. The fraction of sp³-hybridized carbons (Fsp3) is 0. The first-order valence-corrected chi connectivity index (χ1v) is 4.92. The maximum absolute atomic E-state index is 10.5. The van der Waals surface area contributed by atoms with Gasteiger partial charge in [-0.15, -0.1) is 0 Å². The molecule has 0 radical (unpaired) electrons. The first-order valence-electron chi connectivity index (χ1n) is 1.94. The van der Waals surface area contributed by atoms with Crippen LogP contribution in [0.3, 0.4) is 0 Å². The highest BCUT2D eigenvalue weighted by molar-refractivity contribution is 8.05. The minimum absolute atomic E-state index is 0.110. The molecule has 0 unspecified atom stereocenters. The molecule has 0 amide bonds. The second-order valence-electron chi connectivity index (χ2n) is 0.967. The summed E-state index contributed by atoms with van der Waals surface area (Å²) in [6.07, 6.45) is 0. The highest BCUT2D eigenvalue weighted by Crippen LogP contribution is 2.49. The molecule has 1 N–H and O–H groups in total. The molecule has 0 fully saturated rings. The van der Waals surface area contributed by atoms with Gasteiger partial charge >= 0.3 is 7.82 Å². The number of nitriles is 2. The molecule has 0 spiro atoms. The van der Waals surface area contributed by atoms with Gasteiger partial charge in [0.15, 0.2) is 10.8 Å². The molecule has 0 bridgehead atoms. The van der Waals surface area contributed by atoms with Gasteiger partial charge in [0.1, 0.15) is 24.1 Å². The SMILES string of the molecule is N#CSOP(=O)(O)OSC#N. The molecular weight excluding hydrogens is 211 g/mol. The van der Waals surface area contributed by atoms with E-state index in [4.69, 9.17) is 15.4 Å². The van der Waals surface area contributed by atoms with Crippen molar-refractivity contribution in [1.29, 1.82) is 10.5 Å². The summed E-state index contributed by atoms with van der Waals surface area (Å²) in [7, 11) is -4.24. The van der Waals surface area contributed by atoms with Gasteiger partial charge in [0.05, 0.1) is 0 Å². The average Bonchev–Trinajstić information content (AvgIpc) is 1.97. The van der Waals surface area contributed by atoms with Crippen LogP contribution in [0.4, 0.5) is 0 Å². The molecule has 0 aliphatic carbocycles. The van der Waals surface area contributed by atoms with E-state index < -0.39 is 7.82 Å². The van der Waals surface area contributed by atoms with Gasteiger partial charge in [-0.05, 0) is 0 Å². The van der Waals surface area contributed by atoms with E-state index in [0.29, 0.717) is 0 Å². The Labute approximate surface area is 71.1 Å². The Bertz CT molecular complexity index is 221. The summed E-state index contributed by atoms with van der Waals surface area (Å²) in [4.78, 5) is 8.54. The first-order chi connectivity index (χ1) is 5.12. The van der Waals surface area contributed by atoms with Crippen LogP contribution in [0.25, 0.3) is 0 Å². The second kappa shape index (κ2) is 5.44. The van der Waals surface area contributed by atoms with Crippen molar-refractivity contribution in [3.05, 3.63) is 0 Å². The molecule has 0 aromatic carbocycles. The third-order valence-corrected chi connectivity index (χ3v) is 2.59. The van der Waals surface area contributed by atoms with E-state index in [-0.39, 0.29) is 24.1 Å². The van der Waals surface area contributed by atoms with E-state index in [9.17, 15) is 4.57 Å². The Balaban J connectivity index is 3.75. The van der Waals surface area contributed by atoms with Crippen molar-refractivity contribution in [2.24, 2.45) is 0 Å². The molecule has 0 aromatic rings. The monoisotopic (exact) mass is 212 g/mol. The van der Waals surface area contributed by atoms with Gasteiger partial charge in [0, 0.05) is 0 Å². The van der Waals surface area contributed by atoms with Crippen molar-refractivity contribution in [2.75, 3.05) is 0 Å². The summed E-state index contributed by atoms with van der Waals surface area (Å²) in [5.41, 5.74) is 0. The number of hydrogen-bond donors (Lipinski definition) is 1. The van der Waals surface area contributed by atoms with Crippen LogP contribution in [0.2, 0.25) is 0 Å². The van der Waals surface area contributed by atoms with Crippen molar-refractivity contribution in [3.63, 3.8) is 0 Å². The van der Waals surface area contributed by atoms with Crippen molar-refractivity contribution in [1.82, 2.24) is 0 Å². The van der Waals surface area contributed by atoms with Gasteiger partial charge in [0.25, 0.3) is 0 Å². The number of hydrogen-bond acceptors (Lipinski definition) is 7. The lowest BCUT2D eigenvalue weighted by atomic mass is 11.8. The minimum Gasteiger partial charge on any atom is -0.301 e. The molecule has 6 nitrogen and oxygen atoms in total. The molecule has 0 aliphatic rings. The van der Waals surface area contributed by atoms with E-state index in [2.05, 4.69) is 7.94 Å². The number of nitrogens with zero attached hydrogens (tertiary/aromatic N) is 2. The van der Waals surface area contributed by atoms with Crippen LogP contribution in [0.15, 0.2) is 0 Å². The maximum Gasteiger partial charge on any atom is 0.496 e. The molecule has 0 heterocycles. The zero-order chi connectivity index (χ0) is 8.74. The van der Waals surface area contributed by atoms with E-state index in [1.807, 2.05) is 0 Å². The van der Waals surface area contributed by atoms with Gasteiger partial charge in [0.2, 0.25) is 0 Å². The maximum atomic E-state index is 10.5. The van der Waals surface area contributed by atoms with Gasteiger partial charge in [-0.25, -0.2) is 4.57 Å². The van der Waals surface area contributed by atoms with Crippen molar-refractivity contribution in [2.45, 2.75) is 0 Å². The van der Waals surface area contributed by atoms with Crippen LogP contribution < -0.4 is 0 Å². The number of phosphoric acid groups is 1. The van der Waals surface area contributed by atoms with Crippen LogP contribution in [0.5, 0.6) is 0 Å². The highest BCUT2D eigenvalue weighted by Gasteiger charge is 2.22. The van der Waals surface area contributed by atoms with E-state index in [1.165, 1.54) is 10.8 Å². The van der Waals surface area contributed by atoms with Crippen molar-refractivity contribution < 1.29 is 17.4 Å². The Morgan fingerprint density at radius 3 is 1.91 bits per heavy atom. The Kier molecular flexibility index (Phi) is 5.34. The lowest BCUT2D eigenvalue weighted by Crippen LogP contribution is -1.79. The van der Waals surface area contributed by atoms with E-state index in [0.717, 1.165) is 0 Å². The lowest BCUT2D eigenvalue weighted by Gasteiger charge is -2.02. The molecule has 0 aromatic heterocycles. The summed E-state index contributed by atoms with van der Waals surface area (Å²) >= 11 is 0.220. The Hall–Kier alpha value is -0.210. The molecule has 0 rings (SSSR count). The minimum atomic E-state index is -4.24. The van der Waals surface area contributed by atoms with E-state index >= 15 is 0 Å². The predicted octanol–water partition coefficient (Wildman–Crippen LogP) is 1.38. The van der Waals surface area contributed by atoms with Crippen LogP contribution in [-0.4, -0.2) is 4.89 Å². The predicted molar refractivity (Wildman–Crippen MR) is 38.4 cm³/mol. The average molecular weight is 212 g/mol. The number of thiocyanates is 2. The summed E-state index contributed by atoms with van der Waals surface area (Å²) in [5.74, 6) is 0. The molecule has 11 heavy (non-hydrogen) atoms. The normalized spacial score (nSPS) is 10.1. The molecule has 0 saturated carbocycles. The van der Waals surface area contributed by atoms with Gasteiger partial charge < -0.3 is 4.89 Å². The third kappa shape index (κ3) is 6.20. The van der Waals surface area contributed by atoms with Crippen LogP contribution in [0, 0.1) is 21.3 Å². The fourth-order valence-corrected chi connectivity index (χ4v) is 1.48. The van der Waals surface area contributed by atoms with Gasteiger partial charge in [-0.1, -0.05) is 0 Å². The standard InChI is InChI=1S/C2HN2O4PS2/c3-1-10-7-9(5,6)8-11-2-4/h(H,5,6). The molecular formula is C2HN2O4PS2. The summed E-state index contributed by atoms with van der Waals surface area (Å²) < 4.78 is 18.4. The van der Waals surface area contributed by atoms with Crippen LogP contribution in [-0.2, 0) is 12.5 Å². The summed E-state index contributed by atoms with van der Waals surface area (Å²) in [5, 5.41) is 18.5. The Morgan fingerprint density at radius 2 is 1.64 bits per heavy atom. The lowest BCUT2D eigenvalue weighted by molar-refractivity contribution is 0.325. The first kappa shape index (κ1) is 10.8. The second-order valence-corrected chi connectivity index (χ2v) is 3.80. The van der Waals surface area contributed by atoms with Gasteiger partial charge in [-0.2, -0.15) is 18.5 Å². The molecule has 0 saturated heterocycles. The van der Waals surface area contributed by atoms with E-state index in [1.54, 1.807) is 0 Å². The molecule has 60 valence electrons. The third-order valence-electron chi connectivity index (χ3n) is 0.337. The van der Waals surface area contributed by atoms with Gasteiger partial charge in [-0.3, -0.25) is 0 Å². The molecule has 0 aliphatic heterocycles. The zero-order valence-electron chi connectivity index (χ0n) is 4.83. The Morgan fingerprint density at radius 1 is 1.27 bits per heavy atom. The topological polar surface area (TPSA) is 103 Å². The van der Waals surface area contributed by atoms with Crippen molar-refractivity contribution >= 4 is 31.9 Å². The van der Waals surface area contributed by atoms with Crippen LogP contribution in [0.1, 0.15) is 0 Å². The zero-order valence-corrected chi connectivity index (χ0v) is 7.36.